The van der Waals surface area contributed by atoms with Crippen molar-refractivity contribution in [3.8, 4) is 6.07 Å². The molecule has 3 rings (SSSR count). The number of hydrogen-bond acceptors (Lipinski definition) is 4. The molecular formula is C18H16F3N5. The SMILES string of the molecule is CCCC1=CC(c2n[nH]nc2C#N)=CC(c2ccc(C(F)(F)F)nc2)C1. The molecule has 1 unspecified atom stereocenters. The number of nitriles is 1. The zero-order chi connectivity index (χ0) is 18.7. The molecule has 0 bridgehead atoms. The van der Waals surface area contributed by atoms with Gasteiger partial charge in [0.15, 0.2) is 5.69 Å². The third-order valence-corrected chi connectivity index (χ3v) is 4.23. The lowest BCUT2D eigenvalue weighted by Gasteiger charge is -2.22. The molecule has 0 fully saturated rings. The Kier molecular flexibility index (Phi) is 4.89. The fraction of sp³-hybridized carbons (Fsp3) is 0.333. The summed E-state index contributed by atoms with van der Waals surface area (Å²) in [6.07, 6.45) is 3.21. The first kappa shape index (κ1) is 17.9. The van der Waals surface area contributed by atoms with Gasteiger partial charge >= 0.3 is 6.18 Å². The Morgan fingerprint density at radius 1 is 1.31 bits per heavy atom. The van der Waals surface area contributed by atoms with Gasteiger partial charge in [0.05, 0.1) is 0 Å². The van der Waals surface area contributed by atoms with E-state index in [4.69, 9.17) is 5.26 Å². The molecule has 1 N–H and O–H groups in total. The molecule has 2 heterocycles. The summed E-state index contributed by atoms with van der Waals surface area (Å²) in [5.74, 6) is -0.130. The fourth-order valence-corrected chi connectivity index (χ4v) is 3.04. The molecule has 2 aromatic rings. The van der Waals surface area contributed by atoms with Crippen LogP contribution in [0.2, 0.25) is 0 Å². The van der Waals surface area contributed by atoms with Crippen molar-refractivity contribution in [3.63, 3.8) is 0 Å². The molecule has 0 saturated heterocycles. The molecule has 0 amide bonds. The van der Waals surface area contributed by atoms with Crippen LogP contribution in [0, 0.1) is 11.3 Å². The molecule has 0 aliphatic heterocycles. The molecule has 8 heteroatoms. The highest BCUT2D eigenvalue weighted by Crippen LogP contribution is 2.37. The molecule has 0 saturated carbocycles. The van der Waals surface area contributed by atoms with Gasteiger partial charge in [-0.3, -0.25) is 4.98 Å². The second-order valence-electron chi connectivity index (χ2n) is 6.09. The van der Waals surface area contributed by atoms with E-state index in [-0.39, 0.29) is 11.6 Å². The Morgan fingerprint density at radius 3 is 2.73 bits per heavy atom. The van der Waals surface area contributed by atoms with Gasteiger partial charge in [-0.05, 0) is 24.5 Å². The molecule has 1 aliphatic carbocycles. The molecule has 1 aliphatic rings. The van der Waals surface area contributed by atoms with Crippen molar-refractivity contribution in [1.29, 1.82) is 5.26 Å². The number of H-pyrrole nitrogens is 1. The van der Waals surface area contributed by atoms with Gasteiger partial charge in [0.25, 0.3) is 0 Å². The highest BCUT2D eigenvalue weighted by molar-refractivity contribution is 5.77. The number of alkyl halides is 3. The molecule has 0 aromatic carbocycles. The van der Waals surface area contributed by atoms with Crippen molar-refractivity contribution in [1.82, 2.24) is 20.4 Å². The first-order chi connectivity index (χ1) is 12.4. The number of hydrogen-bond donors (Lipinski definition) is 1. The molecule has 0 radical (unpaired) electrons. The predicted molar refractivity (Wildman–Crippen MR) is 88.7 cm³/mol. The van der Waals surface area contributed by atoms with E-state index in [1.165, 1.54) is 12.3 Å². The van der Waals surface area contributed by atoms with E-state index in [1.54, 1.807) is 0 Å². The smallest absolute Gasteiger partial charge is 0.251 e. The Bertz CT molecular complexity index is 885. The summed E-state index contributed by atoms with van der Waals surface area (Å²) in [6, 6.07) is 4.44. The quantitative estimate of drug-likeness (QED) is 0.878. The van der Waals surface area contributed by atoms with E-state index < -0.39 is 11.9 Å². The number of allylic oxidation sites excluding steroid dienone is 4. The van der Waals surface area contributed by atoms with Crippen molar-refractivity contribution >= 4 is 5.57 Å². The number of halogens is 3. The van der Waals surface area contributed by atoms with Crippen molar-refractivity contribution in [2.45, 2.75) is 38.3 Å². The summed E-state index contributed by atoms with van der Waals surface area (Å²) in [5.41, 5.74) is 2.32. The van der Waals surface area contributed by atoms with E-state index in [0.29, 0.717) is 17.7 Å². The second-order valence-corrected chi connectivity index (χ2v) is 6.09. The number of rotatable bonds is 4. The maximum Gasteiger partial charge on any atom is 0.433 e. The van der Waals surface area contributed by atoms with Gasteiger partial charge in [0.2, 0.25) is 0 Å². The summed E-state index contributed by atoms with van der Waals surface area (Å²) >= 11 is 0. The Labute approximate surface area is 148 Å². The summed E-state index contributed by atoms with van der Waals surface area (Å²) in [7, 11) is 0. The highest BCUT2D eigenvalue weighted by atomic mass is 19.4. The lowest BCUT2D eigenvalue weighted by Crippen LogP contribution is -2.10. The third-order valence-electron chi connectivity index (χ3n) is 4.23. The Balaban J connectivity index is 1.97. The number of nitrogens with one attached hydrogen (secondary N) is 1. The van der Waals surface area contributed by atoms with E-state index >= 15 is 0 Å². The van der Waals surface area contributed by atoms with Crippen LogP contribution < -0.4 is 0 Å². The lowest BCUT2D eigenvalue weighted by molar-refractivity contribution is -0.141. The van der Waals surface area contributed by atoms with Crippen LogP contribution in [0.15, 0.2) is 36.1 Å². The average Bonchev–Trinajstić information content (AvgIpc) is 3.10. The minimum atomic E-state index is -4.46. The molecule has 2 aromatic heterocycles. The van der Waals surface area contributed by atoms with E-state index in [2.05, 4.69) is 27.3 Å². The summed E-state index contributed by atoms with van der Waals surface area (Å²) in [5, 5.41) is 19.5. The molecule has 0 spiro atoms. The van der Waals surface area contributed by atoms with E-state index in [1.807, 2.05) is 18.2 Å². The zero-order valence-corrected chi connectivity index (χ0v) is 14.0. The second kappa shape index (κ2) is 7.12. The van der Waals surface area contributed by atoms with Gasteiger partial charge < -0.3 is 0 Å². The summed E-state index contributed by atoms with van der Waals surface area (Å²) in [4.78, 5) is 3.56. The van der Waals surface area contributed by atoms with Crippen LogP contribution in [0.3, 0.4) is 0 Å². The minimum Gasteiger partial charge on any atom is -0.251 e. The predicted octanol–water partition coefficient (Wildman–Crippen LogP) is 4.39. The van der Waals surface area contributed by atoms with Gasteiger partial charge in [-0.2, -0.15) is 28.7 Å². The van der Waals surface area contributed by atoms with E-state index in [9.17, 15) is 13.2 Å². The Morgan fingerprint density at radius 2 is 2.12 bits per heavy atom. The van der Waals surface area contributed by atoms with Gasteiger partial charge in [-0.1, -0.05) is 37.1 Å². The topological polar surface area (TPSA) is 78.2 Å². The van der Waals surface area contributed by atoms with Gasteiger partial charge in [0, 0.05) is 17.7 Å². The maximum atomic E-state index is 12.7. The highest BCUT2D eigenvalue weighted by Gasteiger charge is 2.32. The molecular weight excluding hydrogens is 343 g/mol. The monoisotopic (exact) mass is 359 g/mol. The van der Waals surface area contributed by atoms with Crippen LogP contribution in [0.5, 0.6) is 0 Å². The molecule has 134 valence electrons. The fourth-order valence-electron chi connectivity index (χ4n) is 3.04. The largest absolute Gasteiger partial charge is 0.433 e. The van der Waals surface area contributed by atoms with Crippen molar-refractivity contribution in [2.75, 3.05) is 0 Å². The van der Waals surface area contributed by atoms with Gasteiger partial charge in [0.1, 0.15) is 17.5 Å². The van der Waals surface area contributed by atoms with Gasteiger partial charge in [-0.15, -0.1) is 5.10 Å². The maximum absolute atomic E-state index is 12.7. The standard InChI is InChI=1S/C18H16F3N5/c1-2-3-11-6-13(12-4-5-16(23-10-12)18(19,20)21)8-14(7-11)17-15(9-22)24-26-25-17/h4-5,7-8,10,13H,2-3,6H2,1H3,(H,24,25,26). The number of aromatic amines is 1. The van der Waals surface area contributed by atoms with Crippen LogP contribution in [0.4, 0.5) is 13.2 Å². The van der Waals surface area contributed by atoms with E-state index in [0.717, 1.165) is 30.1 Å². The lowest BCUT2D eigenvalue weighted by atomic mass is 9.83. The van der Waals surface area contributed by atoms with Crippen LogP contribution in [0.1, 0.15) is 54.7 Å². The number of pyridine rings is 1. The van der Waals surface area contributed by atoms with Gasteiger partial charge in [-0.25, -0.2) is 0 Å². The molecule has 5 nitrogen and oxygen atoms in total. The minimum absolute atomic E-state index is 0.130. The zero-order valence-electron chi connectivity index (χ0n) is 14.0. The first-order valence-corrected chi connectivity index (χ1v) is 8.18. The normalized spacial score (nSPS) is 17.4. The van der Waals surface area contributed by atoms with Crippen molar-refractivity contribution < 1.29 is 13.2 Å². The first-order valence-electron chi connectivity index (χ1n) is 8.18. The van der Waals surface area contributed by atoms with Crippen LogP contribution in [-0.4, -0.2) is 20.4 Å². The van der Waals surface area contributed by atoms with Crippen molar-refractivity contribution in [3.05, 3.63) is 58.7 Å². The number of nitrogens with zero attached hydrogens (tertiary/aromatic N) is 4. The third kappa shape index (κ3) is 3.67. The van der Waals surface area contributed by atoms with Crippen LogP contribution in [0.25, 0.3) is 5.57 Å². The van der Waals surface area contributed by atoms with Crippen LogP contribution in [-0.2, 0) is 6.18 Å². The van der Waals surface area contributed by atoms with Crippen LogP contribution >= 0.6 is 0 Å². The summed E-state index contributed by atoms with van der Waals surface area (Å²) < 4.78 is 38.2. The number of aromatic nitrogens is 4. The Hall–Kier alpha value is -2.95. The summed E-state index contributed by atoms with van der Waals surface area (Å²) in [6.45, 7) is 2.06. The molecule has 26 heavy (non-hydrogen) atoms. The molecule has 1 atom stereocenters. The van der Waals surface area contributed by atoms with Crippen molar-refractivity contribution in [2.24, 2.45) is 0 Å². The average molecular weight is 359 g/mol.